The number of nitrogens with one attached hydrogen (secondary N) is 1. The summed E-state index contributed by atoms with van der Waals surface area (Å²) < 4.78 is 36.2. The van der Waals surface area contributed by atoms with Crippen LogP contribution in [0, 0.1) is 0 Å². The number of nitrogens with zero attached hydrogens (tertiary/aromatic N) is 3. The monoisotopic (exact) mass is 477 g/mol. The Morgan fingerprint density at radius 2 is 1.97 bits per heavy atom. The summed E-state index contributed by atoms with van der Waals surface area (Å²) in [5.74, 6) is -0.0175. The molecule has 3 rings (SSSR count). The average molecular weight is 478 g/mol. The number of para-hydroxylation sites is 1. The van der Waals surface area contributed by atoms with Gasteiger partial charge in [-0.25, -0.2) is 18.4 Å². The quantitative estimate of drug-likeness (QED) is 0.398. The van der Waals surface area contributed by atoms with E-state index in [-0.39, 0.29) is 13.2 Å². The number of imidazole rings is 1. The van der Waals surface area contributed by atoms with Crippen molar-refractivity contribution in [1.29, 1.82) is 0 Å². The maximum Gasteiger partial charge on any atom is 0.235 e. The minimum atomic E-state index is -3.37. The van der Waals surface area contributed by atoms with Crippen molar-refractivity contribution in [3.63, 3.8) is 0 Å². The normalized spacial score (nSPS) is 12.5. The molecule has 10 nitrogen and oxygen atoms in total. The Labute approximate surface area is 193 Å². The van der Waals surface area contributed by atoms with Gasteiger partial charge in [0.1, 0.15) is 23.7 Å². The number of anilines is 1. The Morgan fingerprint density at radius 3 is 2.67 bits per heavy atom. The van der Waals surface area contributed by atoms with Crippen LogP contribution in [0.3, 0.4) is 0 Å². The molecule has 2 aromatic heterocycles. The van der Waals surface area contributed by atoms with Crippen molar-refractivity contribution in [3.05, 3.63) is 30.1 Å². The van der Waals surface area contributed by atoms with E-state index < -0.39 is 27.1 Å². The number of pyridine rings is 1. The molecular formula is C22H31N5O5S. The molecule has 1 amide bonds. The third-order valence-corrected chi connectivity index (χ3v) is 5.76. The van der Waals surface area contributed by atoms with E-state index in [1.165, 1.54) is 0 Å². The number of sulfone groups is 1. The van der Waals surface area contributed by atoms with Gasteiger partial charge < -0.3 is 25.1 Å². The average Bonchev–Trinajstić information content (AvgIpc) is 3.07. The lowest BCUT2D eigenvalue weighted by Crippen LogP contribution is -2.37. The van der Waals surface area contributed by atoms with Crippen LogP contribution >= 0.6 is 0 Å². The molecular weight excluding hydrogens is 446 g/mol. The van der Waals surface area contributed by atoms with Crippen LogP contribution in [0.1, 0.15) is 26.6 Å². The van der Waals surface area contributed by atoms with Crippen LogP contribution in [0.5, 0.6) is 0 Å². The van der Waals surface area contributed by atoms with Gasteiger partial charge in [0, 0.05) is 24.8 Å². The summed E-state index contributed by atoms with van der Waals surface area (Å²) in [6, 6.07) is 7.75. The molecule has 0 atom stereocenters. The number of nitrogen functional groups attached to an aromatic ring is 1. The first kappa shape index (κ1) is 24.9. The number of aromatic nitrogens is 3. The van der Waals surface area contributed by atoms with Gasteiger partial charge in [-0.1, -0.05) is 18.2 Å². The standard InChI is InChI=1S/C22H31N5O5S/c1-5-31-12-17-26-19-20(15-8-6-7-9-16(15)25-21(19)23)27(17)14-22(2,3)32-11-10-24-18(28)13-33(4,29)30/h6-9H,5,10-14H2,1-4H3,(H2,23,25)(H,24,28). The number of hydrogen-bond acceptors (Lipinski definition) is 8. The van der Waals surface area contributed by atoms with Crippen molar-refractivity contribution in [2.45, 2.75) is 39.5 Å². The topological polar surface area (TPSA) is 138 Å². The van der Waals surface area contributed by atoms with Crippen molar-refractivity contribution in [2.75, 3.05) is 37.5 Å². The highest BCUT2D eigenvalue weighted by Gasteiger charge is 2.25. The summed E-state index contributed by atoms with van der Waals surface area (Å²) in [6.45, 7) is 7.54. The second-order valence-electron chi connectivity index (χ2n) is 8.49. The predicted octanol–water partition coefficient (Wildman–Crippen LogP) is 1.66. The molecule has 0 aliphatic rings. The number of carbonyl (C=O) groups excluding carboxylic acids is 1. The third kappa shape index (κ3) is 6.40. The number of ether oxygens (including phenoxy) is 2. The molecule has 0 bridgehead atoms. The number of hydrogen-bond donors (Lipinski definition) is 2. The Morgan fingerprint density at radius 1 is 1.24 bits per heavy atom. The molecule has 0 saturated heterocycles. The second kappa shape index (κ2) is 10.0. The molecule has 0 unspecified atom stereocenters. The molecule has 0 fully saturated rings. The van der Waals surface area contributed by atoms with E-state index in [1.807, 2.05) is 49.6 Å². The van der Waals surface area contributed by atoms with Crippen molar-refractivity contribution in [1.82, 2.24) is 19.9 Å². The van der Waals surface area contributed by atoms with Crippen LogP contribution in [0.2, 0.25) is 0 Å². The largest absolute Gasteiger partial charge is 0.382 e. The molecule has 3 aromatic rings. The maximum absolute atomic E-state index is 11.7. The van der Waals surface area contributed by atoms with Crippen molar-refractivity contribution >= 4 is 43.5 Å². The lowest BCUT2D eigenvalue weighted by atomic mass is 10.1. The number of nitrogens with two attached hydrogens (primary N) is 1. The molecule has 0 radical (unpaired) electrons. The van der Waals surface area contributed by atoms with E-state index in [9.17, 15) is 13.2 Å². The van der Waals surface area contributed by atoms with E-state index in [0.29, 0.717) is 31.1 Å². The first-order valence-electron chi connectivity index (χ1n) is 10.7. The highest BCUT2D eigenvalue weighted by Crippen LogP contribution is 2.30. The van der Waals surface area contributed by atoms with Gasteiger partial charge in [-0.15, -0.1) is 0 Å². The first-order chi connectivity index (χ1) is 15.5. The van der Waals surface area contributed by atoms with Gasteiger partial charge in [-0.05, 0) is 26.8 Å². The second-order valence-corrected chi connectivity index (χ2v) is 10.6. The maximum atomic E-state index is 11.7. The van der Waals surface area contributed by atoms with Crippen molar-refractivity contribution in [3.8, 4) is 0 Å². The smallest absolute Gasteiger partial charge is 0.235 e. The van der Waals surface area contributed by atoms with Crippen LogP contribution < -0.4 is 11.1 Å². The van der Waals surface area contributed by atoms with Gasteiger partial charge in [0.2, 0.25) is 5.91 Å². The lowest BCUT2D eigenvalue weighted by Gasteiger charge is -2.27. The Balaban J connectivity index is 1.83. The minimum absolute atomic E-state index is 0.202. The summed E-state index contributed by atoms with van der Waals surface area (Å²) >= 11 is 0. The van der Waals surface area contributed by atoms with Gasteiger partial charge in [-0.3, -0.25) is 4.79 Å². The van der Waals surface area contributed by atoms with Gasteiger partial charge in [-0.2, -0.15) is 0 Å². The molecule has 1 aromatic carbocycles. The Hall–Kier alpha value is -2.76. The summed E-state index contributed by atoms with van der Waals surface area (Å²) in [6.07, 6.45) is 1.02. The van der Waals surface area contributed by atoms with E-state index in [1.54, 1.807) is 0 Å². The fourth-order valence-corrected chi connectivity index (χ4v) is 4.19. The summed E-state index contributed by atoms with van der Waals surface area (Å²) in [5, 5.41) is 3.50. The third-order valence-electron chi connectivity index (χ3n) is 4.97. The minimum Gasteiger partial charge on any atom is -0.382 e. The number of amides is 1. The summed E-state index contributed by atoms with van der Waals surface area (Å²) in [4.78, 5) is 20.9. The molecule has 3 N–H and O–H groups in total. The molecule has 11 heteroatoms. The van der Waals surface area contributed by atoms with E-state index in [0.717, 1.165) is 28.5 Å². The number of rotatable bonds is 11. The predicted molar refractivity (Wildman–Crippen MR) is 128 cm³/mol. The van der Waals surface area contributed by atoms with Crippen LogP contribution in [-0.2, 0) is 37.3 Å². The molecule has 0 spiro atoms. The number of carbonyl (C=O) groups is 1. The highest BCUT2D eigenvalue weighted by atomic mass is 32.2. The fraction of sp³-hybridized carbons (Fsp3) is 0.500. The van der Waals surface area contributed by atoms with E-state index in [2.05, 4.69) is 10.3 Å². The molecule has 0 aliphatic heterocycles. The Kier molecular flexibility index (Phi) is 7.55. The zero-order valence-corrected chi connectivity index (χ0v) is 20.2. The Bertz CT molecular complexity index is 1250. The number of benzene rings is 1. The molecule has 2 heterocycles. The summed E-state index contributed by atoms with van der Waals surface area (Å²) in [7, 11) is -3.37. The van der Waals surface area contributed by atoms with Gasteiger partial charge in [0.05, 0.1) is 29.8 Å². The van der Waals surface area contributed by atoms with Crippen LogP contribution in [0.4, 0.5) is 5.82 Å². The van der Waals surface area contributed by atoms with Crippen LogP contribution in [-0.4, -0.2) is 66.2 Å². The molecule has 33 heavy (non-hydrogen) atoms. The van der Waals surface area contributed by atoms with Crippen LogP contribution in [0.25, 0.3) is 21.9 Å². The van der Waals surface area contributed by atoms with E-state index >= 15 is 0 Å². The van der Waals surface area contributed by atoms with Gasteiger partial charge in [0.15, 0.2) is 15.7 Å². The first-order valence-corrected chi connectivity index (χ1v) is 12.8. The number of fused-ring (bicyclic) bond motifs is 3. The van der Waals surface area contributed by atoms with Crippen LogP contribution in [0.15, 0.2) is 24.3 Å². The molecule has 180 valence electrons. The fourth-order valence-electron chi connectivity index (χ4n) is 3.61. The highest BCUT2D eigenvalue weighted by molar-refractivity contribution is 7.91. The lowest BCUT2D eigenvalue weighted by molar-refractivity contribution is -0.119. The molecule has 0 saturated carbocycles. The van der Waals surface area contributed by atoms with Gasteiger partial charge >= 0.3 is 0 Å². The summed E-state index contributed by atoms with van der Waals surface area (Å²) in [5.41, 5.74) is 7.86. The van der Waals surface area contributed by atoms with Crippen molar-refractivity contribution < 1.29 is 22.7 Å². The van der Waals surface area contributed by atoms with E-state index in [4.69, 9.17) is 20.2 Å². The zero-order valence-electron chi connectivity index (χ0n) is 19.4. The zero-order chi connectivity index (χ0) is 24.2. The van der Waals surface area contributed by atoms with Gasteiger partial charge in [0.25, 0.3) is 0 Å². The van der Waals surface area contributed by atoms with Crippen molar-refractivity contribution in [2.24, 2.45) is 0 Å². The molecule has 0 aliphatic carbocycles. The SMILES string of the molecule is CCOCc1nc2c(N)nc3ccccc3c2n1CC(C)(C)OCCNC(=O)CS(C)(=O)=O.